The Morgan fingerprint density at radius 1 is 1.00 bits per heavy atom. The molecule has 0 spiro atoms. The minimum atomic E-state index is -4.28. The number of rotatable bonds is 12. The van der Waals surface area contributed by atoms with E-state index in [1.54, 1.807) is 18.2 Å². The molecule has 0 aliphatic rings. The first-order valence-electron chi connectivity index (χ1n) is 12.8. The van der Waals surface area contributed by atoms with Crippen LogP contribution in [-0.2, 0) is 26.2 Å². The van der Waals surface area contributed by atoms with E-state index >= 15 is 0 Å². The Labute approximate surface area is 244 Å². The molecule has 40 heavy (non-hydrogen) atoms. The Morgan fingerprint density at radius 3 is 2.23 bits per heavy atom. The normalized spacial score (nSPS) is 12.1. The monoisotopic (exact) mass is 607 g/mol. The molecule has 0 aliphatic heterocycles. The van der Waals surface area contributed by atoms with E-state index in [2.05, 4.69) is 5.32 Å². The van der Waals surface area contributed by atoms with Crippen molar-refractivity contribution in [3.8, 4) is 0 Å². The molecular weight excluding hydrogens is 576 g/mol. The molecule has 0 fully saturated rings. The van der Waals surface area contributed by atoms with Crippen LogP contribution in [0.25, 0.3) is 0 Å². The molecule has 1 N–H and O–H groups in total. The predicted octanol–water partition coefficient (Wildman–Crippen LogP) is 5.97. The fourth-order valence-corrected chi connectivity index (χ4v) is 5.89. The smallest absolute Gasteiger partial charge is 0.264 e. The maximum absolute atomic E-state index is 14.6. The van der Waals surface area contributed by atoms with Crippen LogP contribution in [0.3, 0.4) is 0 Å². The molecule has 3 aromatic rings. The molecule has 0 radical (unpaired) electrons. The maximum atomic E-state index is 14.6. The van der Waals surface area contributed by atoms with Gasteiger partial charge in [0, 0.05) is 28.7 Å². The molecule has 0 bridgehead atoms. The van der Waals surface area contributed by atoms with Crippen molar-refractivity contribution in [2.45, 2.75) is 51.1 Å². The summed E-state index contributed by atoms with van der Waals surface area (Å²) in [4.78, 5) is 28.0. The summed E-state index contributed by atoms with van der Waals surface area (Å²) in [6.45, 7) is 4.80. The van der Waals surface area contributed by atoms with Crippen molar-refractivity contribution in [1.29, 1.82) is 0 Å². The first-order chi connectivity index (χ1) is 18.9. The number of hydrogen-bond acceptors (Lipinski definition) is 4. The van der Waals surface area contributed by atoms with Crippen LogP contribution >= 0.6 is 23.2 Å². The van der Waals surface area contributed by atoms with E-state index in [4.69, 9.17) is 23.2 Å². The summed E-state index contributed by atoms with van der Waals surface area (Å²) in [5.74, 6) is -1.70. The Hall–Kier alpha value is -3.14. The van der Waals surface area contributed by atoms with E-state index in [9.17, 15) is 22.4 Å². The minimum absolute atomic E-state index is 0.0481. The third kappa shape index (κ3) is 7.96. The summed E-state index contributed by atoms with van der Waals surface area (Å²) >= 11 is 12.4. The second-order valence-corrected chi connectivity index (χ2v) is 12.1. The molecule has 3 aromatic carbocycles. The Bertz CT molecular complexity index is 1430. The maximum Gasteiger partial charge on any atom is 0.264 e. The van der Waals surface area contributed by atoms with Crippen LogP contribution in [0.2, 0.25) is 10.0 Å². The summed E-state index contributed by atoms with van der Waals surface area (Å²) in [5.41, 5.74) is 1.10. The van der Waals surface area contributed by atoms with Crippen LogP contribution in [0.4, 0.5) is 10.1 Å². The Morgan fingerprint density at radius 2 is 1.62 bits per heavy atom. The van der Waals surface area contributed by atoms with Gasteiger partial charge >= 0.3 is 0 Å². The lowest BCUT2D eigenvalue weighted by Gasteiger charge is -2.32. The number of nitrogens with one attached hydrogen (secondary N) is 1. The molecule has 2 amide bonds. The van der Waals surface area contributed by atoms with Gasteiger partial charge in [-0.3, -0.25) is 13.9 Å². The molecule has 7 nitrogen and oxygen atoms in total. The van der Waals surface area contributed by atoms with Gasteiger partial charge in [-0.2, -0.15) is 0 Å². The van der Waals surface area contributed by atoms with Gasteiger partial charge in [0.15, 0.2) is 0 Å². The van der Waals surface area contributed by atoms with Gasteiger partial charge < -0.3 is 10.2 Å². The highest BCUT2D eigenvalue weighted by Crippen LogP contribution is 2.30. The second kappa shape index (κ2) is 14.0. The number of amides is 2. The summed E-state index contributed by atoms with van der Waals surface area (Å²) < 4.78 is 43.2. The van der Waals surface area contributed by atoms with Gasteiger partial charge in [0.05, 0.1) is 10.6 Å². The highest BCUT2D eigenvalue weighted by Gasteiger charge is 2.33. The fraction of sp³-hybridized carbons (Fsp3) is 0.310. The summed E-state index contributed by atoms with van der Waals surface area (Å²) in [5, 5.41) is 3.13. The van der Waals surface area contributed by atoms with E-state index in [1.165, 1.54) is 60.4 Å². The second-order valence-electron chi connectivity index (χ2n) is 9.39. The van der Waals surface area contributed by atoms with E-state index in [-0.39, 0.29) is 32.7 Å². The van der Waals surface area contributed by atoms with Crippen molar-refractivity contribution in [2.75, 3.05) is 17.4 Å². The van der Waals surface area contributed by atoms with E-state index in [0.717, 1.165) is 22.7 Å². The number of aryl methyl sites for hydroxylation is 1. The van der Waals surface area contributed by atoms with Gasteiger partial charge in [-0.1, -0.05) is 72.4 Å². The number of sulfonamides is 1. The first-order valence-corrected chi connectivity index (χ1v) is 15.0. The molecule has 0 saturated carbocycles. The molecule has 0 aromatic heterocycles. The number of anilines is 1. The quantitative estimate of drug-likeness (QED) is 0.257. The van der Waals surface area contributed by atoms with E-state index in [0.29, 0.717) is 6.54 Å². The number of carbonyl (C=O) groups excluding carboxylic acids is 2. The average Bonchev–Trinajstić information content (AvgIpc) is 2.90. The number of halogens is 3. The first kappa shape index (κ1) is 31.4. The third-order valence-electron chi connectivity index (χ3n) is 6.32. The molecule has 0 saturated heterocycles. The highest BCUT2D eigenvalue weighted by molar-refractivity contribution is 7.92. The standard InChI is InChI=1S/C29H32Cl2FN3O4S/c1-4-5-14-33-29(37)21(3)34(18-22-8-6-7-9-27(22)32)28(36)19-35(25-16-23(30)15-24(31)17-25)40(38,39)26-12-10-20(2)11-13-26/h6-13,15-17,21H,4-5,14,18-19H2,1-3H3,(H,33,37)/t21-/m1/s1. The zero-order valence-electron chi connectivity index (χ0n) is 22.5. The fourth-order valence-electron chi connectivity index (χ4n) is 3.98. The molecule has 3 rings (SSSR count). The van der Waals surface area contributed by atoms with E-state index in [1.807, 2.05) is 13.8 Å². The lowest BCUT2D eigenvalue weighted by molar-refractivity contribution is -0.139. The number of carbonyl (C=O) groups is 2. The lowest BCUT2D eigenvalue weighted by Crippen LogP contribution is -2.51. The zero-order chi connectivity index (χ0) is 29.4. The van der Waals surface area contributed by atoms with Crippen LogP contribution in [0.1, 0.15) is 37.8 Å². The van der Waals surface area contributed by atoms with Gasteiger partial charge in [0.1, 0.15) is 18.4 Å². The topological polar surface area (TPSA) is 86.8 Å². The summed E-state index contributed by atoms with van der Waals surface area (Å²) in [6, 6.07) is 15.3. The lowest BCUT2D eigenvalue weighted by atomic mass is 10.1. The number of hydrogen-bond donors (Lipinski definition) is 1. The molecule has 0 aliphatic carbocycles. The Balaban J connectivity index is 2.04. The molecule has 1 atom stereocenters. The van der Waals surface area contributed by atoms with E-state index < -0.39 is 40.2 Å². The SMILES string of the molecule is CCCCNC(=O)[C@@H](C)N(Cc1ccccc1F)C(=O)CN(c1cc(Cl)cc(Cl)c1)S(=O)(=O)c1ccc(C)cc1. The van der Waals surface area contributed by atoms with Gasteiger partial charge in [-0.25, -0.2) is 12.8 Å². The number of unbranched alkanes of at least 4 members (excludes halogenated alkanes) is 1. The van der Waals surface area contributed by atoms with Crippen LogP contribution < -0.4 is 9.62 Å². The van der Waals surface area contributed by atoms with Crippen LogP contribution in [0, 0.1) is 12.7 Å². The van der Waals surface area contributed by atoms with Crippen LogP contribution in [0.5, 0.6) is 0 Å². The molecular formula is C29H32Cl2FN3O4S. The molecule has 0 unspecified atom stereocenters. The minimum Gasteiger partial charge on any atom is -0.354 e. The summed E-state index contributed by atoms with van der Waals surface area (Å²) in [6.07, 6.45) is 1.61. The molecule has 11 heteroatoms. The van der Waals surface area contributed by atoms with Crippen molar-refractivity contribution in [3.63, 3.8) is 0 Å². The number of nitrogens with zero attached hydrogens (tertiary/aromatic N) is 2. The molecule has 0 heterocycles. The van der Waals surface area contributed by atoms with Crippen molar-refractivity contribution < 1.29 is 22.4 Å². The predicted molar refractivity (Wildman–Crippen MR) is 157 cm³/mol. The van der Waals surface area contributed by atoms with Gasteiger partial charge in [0.25, 0.3) is 10.0 Å². The van der Waals surface area contributed by atoms with Crippen molar-refractivity contribution in [2.24, 2.45) is 0 Å². The largest absolute Gasteiger partial charge is 0.354 e. The van der Waals surface area contributed by atoms with Crippen LogP contribution in [0.15, 0.2) is 71.6 Å². The van der Waals surface area contributed by atoms with Gasteiger partial charge in [-0.05, 0) is 56.7 Å². The van der Waals surface area contributed by atoms with Crippen molar-refractivity contribution in [1.82, 2.24) is 10.2 Å². The Kier molecular flexibility index (Phi) is 11.0. The molecule has 214 valence electrons. The summed E-state index contributed by atoms with van der Waals surface area (Å²) in [7, 11) is -4.28. The zero-order valence-corrected chi connectivity index (χ0v) is 24.9. The van der Waals surface area contributed by atoms with Crippen LogP contribution in [-0.4, -0.2) is 44.3 Å². The number of benzene rings is 3. The average molecular weight is 609 g/mol. The van der Waals surface area contributed by atoms with Crippen molar-refractivity contribution >= 4 is 50.7 Å². The van der Waals surface area contributed by atoms with Gasteiger partial charge in [-0.15, -0.1) is 0 Å². The van der Waals surface area contributed by atoms with Gasteiger partial charge in [0.2, 0.25) is 11.8 Å². The van der Waals surface area contributed by atoms with Crippen molar-refractivity contribution in [3.05, 3.63) is 93.7 Å². The third-order valence-corrected chi connectivity index (χ3v) is 8.54. The highest BCUT2D eigenvalue weighted by atomic mass is 35.5.